The summed E-state index contributed by atoms with van der Waals surface area (Å²) in [6.45, 7) is 9.72. The van der Waals surface area contributed by atoms with Gasteiger partial charge >= 0.3 is 0 Å². The summed E-state index contributed by atoms with van der Waals surface area (Å²) in [6.07, 6.45) is 3.31. The second-order valence-electron chi connectivity index (χ2n) is 5.59. The predicted octanol–water partition coefficient (Wildman–Crippen LogP) is 0.849. The maximum Gasteiger partial charge on any atom is 0.237 e. The average Bonchev–Trinajstić information content (AvgIpc) is 2.49. The number of nitrogens with zero attached hydrogens (tertiary/aromatic N) is 1. The molecule has 1 heterocycles. The van der Waals surface area contributed by atoms with Crippen molar-refractivity contribution in [1.29, 1.82) is 0 Å². The van der Waals surface area contributed by atoms with Crippen molar-refractivity contribution in [1.82, 2.24) is 15.5 Å². The van der Waals surface area contributed by atoms with Crippen LogP contribution in [0.5, 0.6) is 0 Å². The highest BCUT2D eigenvalue weighted by atomic mass is 16.5. The summed E-state index contributed by atoms with van der Waals surface area (Å²) < 4.78 is 4.99. The SMILES string of the molecule is CCN(CC1CCNCC1)C(C)C(=O)NCCCOC. The lowest BCUT2D eigenvalue weighted by Gasteiger charge is -2.32. The van der Waals surface area contributed by atoms with Crippen LogP contribution < -0.4 is 10.6 Å². The smallest absolute Gasteiger partial charge is 0.237 e. The van der Waals surface area contributed by atoms with E-state index in [9.17, 15) is 4.79 Å². The van der Waals surface area contributed by atoms with Crippen LogP contribution in [0.1, 0.15) is 33.1 Å². The minimum atomic E-state index is -0.0440. The Hall–Kier alpha value is -0.650. The average molecular weight is 285 g/mol. The summed E-state index contributed by atoms with van der Waals surface area (Å²) in [5, 5.41) is 6.38. The van der Waals surface area contributed by atoms with Gasteiger partial charge in [0.1, 0.15) is 0 Å². The normalized spacial score (nSPS) is 18.2. The van der Waals surface area contributed by atoms with Crippen LogP contribution in [-0.2, 0) is 9.53 Å². The minimum Gasteiger partial charge on any atom is -0.385 e. The van der Waals surface area contributed by atoms with Crippen LogP contribution in [-0.4, -0.2) is 63.3 Å². The molecule has 0 spiro atoms. The minimum absolute atomic E-state index is 0.0440. The molecule has 1 fully saturated rings. The van der Waals surface area contributed by atoms with Gasteiger partial charge in [-0.05, 0) is 51.7 Å². The Bertz CT molecular complexity index is 268. The van der Waals surface area contributed by atoms with E-state index in [1.807, 2.05) is 6.92 Å². The maximum absolute atomic E-state index is 12.1. The van der Waals surface area contributed by atoms with Crippen molar-refractivity contribution in [2.24, 2.45) is 5.92 Å². The van der Waals surface area contributed by atoms with E-state index >= 15 is 0 Å². The number of hydrogen-bond acceptors (Lipinski definition) is 4. The number of amides is 1. The van der Waals surface area contributed by atoms with Gasteiger partial charge in [-0.3, -0.25) is 9.69 Å². The molecule has 2 N–H and O–H groups in total. The van der Waals surface area contributed by atoms with E-state index in [2.05, 4.69) is 22.5 Å². The van der Waals surface area contributed by atoms with Crippen molar-refractivity contribution in [2.75, 3.05) is 46.4 Å². The topological polar surface area (TPSA) is 53.6 Å². The monoisotopic (exact) mass is 285 g/mol. The second kappa shape index (κ2) is 10.1. The molecule has 0 radical (unpaired) electrons. The summed E-state index contributed by atoms with van der Waals surface area (Å²) >= 11 is 0. The van der Waals surface area contributed by atoms with E-state index in [1.54, 1.807) is 7.11 Å². The number of nitrogens with one attached hydrogen (secondary N) is 2. The quantitative estimate of drug-likeness (QED) is 0.617. The molecule has 1 rings (SSSR count). The van der Waals surface area contributed by atoms with E-state index in [1.165, 1.54) is 12.8 Å². The molecule has 5 heteroatoms. The largest absolute Gasteiger partial charge is 0.385 e. The van der Waals surface area contributed by atoms with Gasteiger partial charge in [-0.2, -0.15) is 0 Å². The Labute approximate surface area is 123 Å². The molecule has 1 unspecified atom stereocenters. The molecule has 0 aromatic carbocycles. The molecular weight excluding hydrogens is 254 g/mol. The number of rotatable bonds is 9. The highest BCUT2D eigenvalue weighted by Gasteiger charge is 2.23. The molecule has 118 valence electrons. The Morgan fingerprint density at radius 3 is 2.75 bits per heavy atom. The van der Waals surface area contributed by atoms with Gasteiger partial charge in [-0.15, -0.1) is 0 Å². The standard InChI is InChI=1S/C15H31N3O2/c1-4-18(12-14-6-9-16-10-7-14)13(2)15(19)17-8-5-11-20-3/h13-14,16H,4-12H2,1-3H3,(H,17,19). The van der Waals surface area contributed by atoms with Crippen molar-refractivity contribution in [3.05, 3.63) is 0 Å². The fraction of sp³-hybridized carbons (Fsp3) is 0.933. The van der Waals surface area contributed by atoms with Gasteiger partial charge in [0.2, 0.25) is 5.91 Å². The third-order valence-electron chi connectivity index (χ3n) is 4.11. The van der Waals surface area contributed by atoms with Gasteiger partial charge in [0.05, 0.1) is 6.04 Å². The van der Waals surface area contributed by atoms with Crippen molar-refractivity contribution in [3.8, 4) is 0 Å². The van der Waals surface area contributed by atoms with Crippen molar-refractivity contribution in [3.63, 3.8) is 0 Å². The molecule has 5 nitrogen and oxygen atoms in total. The summed E-state index contributed by atoms with van der Waals surface area (Å²) in [7, 11) is 1.68. The van der Waals surface area contributed by atoms with Gasteiger partial charge in [0.25, 0.3) is 0 Å². The number of ether oxygens (including phenoxy) is 1. The zero-order chi connectivity index (χ0) is 14.8. The first-order valence-electron chi connectivity index (χ1n) is 7.90. The van der Waals surface area contributed by atoms with E-state index in [-0.39, 0.29) is 11.9 Å². The fourth-order valence-electron chi connectivity index (χ4n) is 2.70. The Balaban J connectivity index is 2.32. The van der Waals surface area contributed by atoms with E-state index < -0.39 is 0 Å². The van der Waals surface area contributed by atoms with Crippen LogP contribution >= 0.6 is 0 Å². The fourth-order valence-corrected chi connectivity index (χ4v) is 2.70. The number of piperidine rings is 1. The number of carbonyl (C=O) groups excluding carboxylic acids is 1. The van der Waals surface area contributed by atoms with Gasteiger partial charge in [-0.25, -0.2) is 0 Å². The molecule has 0 aromatic rings. The lowest BCUT2D eigenvalue weighted by molar-refractivity contribution is -0.126. The Morgan fingerprint density at radius 2 is 2.15 bits per heavy atom. The zero-order valence-corrected chi connectivity index (χ0v) is 13.3. The second-order valence-corrected chi connectivity index (χ2v) is 5.59. The zero-order valence-electron chi connectivity index (χ0n) is 13.3. The number of carbonyl (C=O) groups is 1. The van der Waals surface area contributed by atoms with E-state index in [0.717, 1.165) is 38.5 Å². The summed E-state index contributed by atoms with van der Waals surface area (Å²) in [4.78, 5) is 14.4. The molecule has 1 aliphatic rings. The molecule has 1 atom stereocenters. The summed E-state index contributed by atoms with van der Waals surface area (Å²) in [5.74, 6) is 0.858. The first-order chi connectivity index (χ1) is 9.69. The molecule has 0 bridgehead atoms. The van der Waals surface area contributed by atoms with Gasteiger partial charge in [0, 0.05) is 26.8 Å². The molecule has 0 saturated carbocycles. The van der Waals surface area contributed by atoms with Crippen LogP contribution in [0.4, 0.5) is 0 Å². The molecule has 20 heavy (non-hydrogen) atoms. The van der Waals surface area contributed by atoms with Crippen LogP contribution in [0.15, 0.2) is 0 Å². The first-order valence-corrected chi connectivity index (χ1v) is 7.90. The van der Waals surface area contributed by atoms with Gasteiger partial charge < -0.3 is 15.4 Å². The molecule has 1 amide bonds. The van der Waals surface area contributed by atoms with Crippen LogP contribution in [0.3, 0.4) is 0 Å². The lowest BCUT2D eigenvalue weighted by Crippen LogP contribution is -2.48. The van der Waals surface area contributed by atoms with Crippen molar-refractivity contribution in [2.45, 2.75) is 39.2 Å². The van der Waals surface area contributed by atoms with Crippen molar-refractivity contribution >= 4 is 5.91 Å². The van der Waals surface area contributed by atoms with Crippen LogP contribution in [0.2, 0.25) is 0 Å². The molecule has 0 aliphatic carbocycles. The highest BCUT2D eigenvalue weighted by Crippen LogP contribution is 2.15. The lowest BCUT2D eigenvalue weighted by atomic mass is 9.97. The van der Waals surface area contributed by atoms with E-state index in [0.29, 0.717) is 13.2 Å². The third kappa shape index (κ3) is 6.20. The Morgan fingerprint density at radius 1 is 1.45 bits per heavy atom. The molecular formula is C15H31N3O2. The third-order valence-corrected chi connectivity index (χ3v) is 4.11. The highest BCUT2D eigenvalue weighted by molar-refractivity contribution is 5.81. The van der Waals surface area contributed by atoms with Crippen molar-refractivity contribution < 1.29 is 9.53 Å². The number of methoxy groups -OCH3 is 1. The number of hydrogen-bond donors (Lipinski definition) is 2. The maximum atomic E-state index is 12.1. The molecule has 0 aromatic heterocycles. The van der Waals surface area contributed by atoms with Gasteiger partial charge in [0.15, 0.2) is 0 Å². The van der Waals surface area contributed by atoms with Crippen LogP contribution in [0, 0.1) is 5.92 Å². The number of likely N-dealkylation sites (N-methyl/N-ethyl adjacent to an activating group) is 1. The molecule has 1 aliphatic heterocycles. The summed E-state index contributed by atoms with van der Waals surface area (Å²) in [6, 6.07) is -0.0440. The first kappa shape index (κ1) is 17.4. The van der Waals surface area contributed by atoms with E-state index in [4.69, 9.17) is 4.74 Å². The summed E-state index contributed by atoms with van der Waals surface area (Å²) in [5.41, 5.74) is 0. The van der Waals surface area contributed by atoms with Gasteiger partial charge in [-0.1, -0.05) is 6.92 Å². The van der Waals surface area contributed by atoms with Crippen LogP contribution in [0.25, 0.3) is 0 Å². The Kier molecular flexibility index (Phi) is 8.82. The molecule has 1 saturated heterocycles. The predicted molar refractivity (Wildman–Crippen MR) is 81.8 cm³/mol.